The van der Waals surface area contributed by atoms with Crippen LogP contribution in [0.25, 0.3) is 0 Å². The van der Waals surface area contributed by atoms with Crippen LogP contribution >= 0.6 is 12.2 Å². The van der Waals surface area contributed by atoms with E-state index in [4.69, 9.17) is 18.0 Å². The molecule has 3 atom stereocenters. The van der Waals surface area contributed by atoms with Gasteiger partial charge in [-0.1, -0.05) is 61.1 Å². The zero-order chi connectivity index (χ0) is 17.5. The number of benzene rings is 2. The van der Waals surface area contributed by atoms with Gasteiger partial charge in [0.1, 0.15) is 0 Å². The van der Waals surface area contributed by atoms with Crippen LogP contribution in [0.3, 0.4) is 0 Å². The van der Waals surface area contributed by atoms with Crippen LogP contribution in [0.2, 0.25) is 0 Å². The zero-order valence-electron chi connectivity index (χ0n) is 13.8. The maximum absolute atomic E-state index is 13.0. The molecule has 0 radical (unpaired) electrons. The van der Waals surface area contributed by atoms with E-state index in [1.54, 1.807) is 12.1 Å². The molecule has 0 spiro atoms. The lowest BCUT2D eigenvalue weighted by molar-refractivity contribution is 0.593. The first-order valence-electron chi connectivity index (χ1n) is 8.05. The molecule has 2 aromatic carbocycles. The summed E-state index contributed by atoms with van der Waals surface area (Å²) in [5.41, 5.74) is 9.09. The first kappa shape index (κ1) is 17.1. The molecule has 0 amide bonds. The Morgan fingerprint density at radius 1 is 1.08 bits per heavy atom. The van der Waals surface area contributed by atoms with Crippen LogP contribution in [0.5, 0.6) is 0 Å². The highest BCUT2D eigenvalue weighted by Gasteiger charge is 2.60. The van der Waals surface area contributed by atoms with E-state index in [1.165, 1.54) is 5.56 Å². The van der Waals surface area contributed by atoms with E-state index in [0.29, 0.717) is 4.90 Å². The van der Waals surface area contributed by atoms with Gasteiger partial charge in [-0.15, -0.1) is 0 Å². The van der Waals surface area contributed by atoms with Crippen molar-refractivity contribution in [1.29, 1.82) is 0 Å². The summed E-state index contributed by atoms with van der Waals surface area (Å²) < 4.78 is 26.0. The largest absolute Gasteiger partial charge is 0.393 e. The van der Waals surface area contributed by atoms with E-state index in [0.717, 1.165) is 17.5 Å². The van der Waals surface area contributed by atoms with Crippen molar-refractivity contribution in [1.82, 2.24) is 0 Å². The summed E-state index contributed by atoms with van der Waals surface area (Å²) in [4.78, 5) is 0.618. The number of sulfone groups is 1. The fourth-order valence-corrected chi connectivity index (χ4v) is 5.80. The van der Waals surface area contributed by atoms with Crippen molar-refractivity contribution in [3.8, 4) is 0 Å². The molecule has 3 rings (SSSR count). The maximum Gasteiger partial charge on any atom is 0.182 e. The highest BCUT2D eigenvalue weighted by Crippen LogP contribution is 2.54. The molecule has 0 aliphatic heterocycles. The quantitative estimate of drug-likeness (QED) is 0.831. The Labute approximate surface area is 148 Å². The van der Waals surface area contributed by atoms with Gasteiger partial charge in [-0.2, -0.15) is 0 Å². The Morgan fingerprint density at radius 3 is 2.17 bits per heavy atom. The predicted molar refractivity (Wildman–Crippen MR) is 101 cm³/mol. The third-order valence-corrected chi connectivity index (χ3v) is 7.27. The molecule has 0 unspecified atom stereocenters. The molecular weight excluding hydrogens is 338 g/mol. The molecule has 1 saturated carbocycles. The van der Waals surface area contributed by atoms with Gasteiger partial charge in [0.05, 0.1) is 15.1 Å². The Kier molecular flexibility index (Phi) is 4.49. The summed E-state index contributed by atoms with van der Waals surface area (Å²) in [6.45, 7) is 4.03. The summed E-state index contributed by atoms with van der Waals surface area (Å²) in [6.07, 6.45) is 0.953. The lowest BCUT2D eigenvalue weighted by atomic mass is 10.1. The number of hydrogen-bond donors (Lipinski definition) is 1. The van der Waals surface area contributed by atoms with Crippen molar-refractivity contribution in [2.45, 2.75) is 36.3 Å². The molecule has 2 aromatic rings. The van der Waals surface area contributed by atoms with Crippen LogP contribution < -0.4 is 5.73 Å². The Bertz CT molecular complexity index is 855. The van der Waals surface area contributed by atoms with Gasteiger partial charge >= 0.3 is 0 Å². The van der Waals surface area contributed by atoms with Crippen molar-refractivity contribution in [2.24, 2.45) is 11.7 Å². The van der Waals surface area contributed by atoms with Crippen LogP contribution in [0.4, 0.5) is 0 Å². The van der Waals surface area contributed by atoms with Crippen LogP contribution in [-0.2, 0) is 16.3 Å². The summed E-state index contributed by atoms with van der Waals surface area (Å²) in [5, 5.41) is -0.565. The van der Waals surface area contributed by atoms with Crippen LogP contribution in [0.15, 0.2) is 53.4 Å². The summed E-state index contributed by atoms with van der Waals surface area (Å²) in [7, 11) is -3.46. The van der Waals surface area contributed by atoms with Gasteiger partial charge in [-0.25, -0.2) is 8.42 Å². The molecule has 3 nitrogen and oxygen atoms in total. The molecule has 0 bridgehead atoms. The van der Waals surface area contributed by atoms with E-state index in [1.807, 2.05) is 43.3 Å². The number of nitrogens with two attached hydrogens (primary N) is 1. The summed E-state index contributed by atoms with van der Waals surface area (Å²) in [5.74, 6) is -0.446. The molecule has 5 heteroatoms. The molecule has 0 heterocycles. The second kappa shape index (κ2) is 6.30. The van der Waals surface area contributed by atoms with Gasteiger partial charge < -0.3 is 5.73 Å². The minimum absolute atomic E-state index is 0.153. The summed E-state index contributed by atoms with van der Waals surface area (Å²) >= 11 is 5.14. The van der Waals surface area contributed by atoms with Crippen molar-refractivity contribution in [3.63, 3.8) is 0 Å². The highest BCUT2D eigenvalue weighted by molar-refractivity contribution is 7.92. The molecule has 0 aromatic heterocycles. The van der Waals surface area contributed by atoms with Gasteiger partial charge in [0.25, 0.3) is 0 Å². The molecule has 126 valence electrons. The Hall–Kier alpha value is -1.72. The lowest BCUT2D eigenvalue weighted by Gasteiger charge is -2.05. The molecule has 1 fully saturated rings. The van der Waals surface area contributed by atoms with E-state index >= 15 is 0 Å². The minimum atomic E-state index is -3.46. The normalized spacial score (nSPS) is 23.0. The second-order valence-electron chi connectivity index (χ2n) is 6.37. The first-order chi connectivity index (χ1) is 11.4. The molecule has 1 aliphatic carbocycles. The monoisotopic (exact) mass is 359 g/mol. The van der Waals surface area contributed by atoms with Crippen LogP contribution in [0.1, 0.15) is 29.5 Å². The van der Waals surface area contributed by atoms with Crippen molar-refractivity contribution >= 4 is 27.0 Å². The van der Waals surface area contributed by atoms with Crippen molar-refractivity contribution in [2.75, 3.05) is 0 Å². The Morgan fingerprint density at radius 2 is 1.67 bits per heavy atom. The molecule has 0 saturated heterocycles. The van der Waals surface area contributed by atoms with E-state index < -0.39 is 15.1 Å². The van der Waals surface area contributed by atoms with E-state index in [-0.39, 0.29) is 16.8 Å². The lowest BCUT2D eigenvalue weighted by Crippen LogP contribution is -2.17. The summed E-state index contributed by atoms with van der Waals surface area (Å²) in [6, 6.07) is 15.0. The van der Waals surface area contributed by atoms with Crippen molar-refractivity contribution in [3.05, 3.63) is 65.2 Å². The number of rotatable bonds is 5. The predicted octanol–water partition coefficient (Wildman–Crippen LogP) is 3.40. The highest BCUT2D eigenvalue weighted by atomic mass is 32.2. The number of aryl methyl sites for hydroxylation is 2. The smallest absolute Gasteiger partial charge is 0.182 e. The zero-order valence-corrected chi connectivity index (χ0v) is 15.4. The molecular formula is C19H21NO2S2. The van der Waals surface area contributed by atoms with Crippen LogP contribution in [-0.4, -0.2) is 18.7 Å². The fourth-order valence-electron chi connectivity index (χ4n) is 3.27. The minimum Gasteiger partial charge on any atom is -0.393 e. The van der Waals surface area contributed by atoms with Gasteiger partial charge in [0.2, 0.25) is 0 Å². The van der Waals surface area contributed by atoms with Gasteiger partial charge in [0.15, 0.2) is 9.84 Å². The van der Waals surface area contributed by atoms with Gasteiger partial charge in [-0.3, -0.25) is 0 Å². The average Bonchev–Trinajstić information content (AvgIpc) is 3.32. The molecule has 1 aliphatic rings. The molecule has 24 heavy (non-hydrogen) atoms. The Balaban J connectivity index is 1.96. The van der Waals surface area contributed by atoms with Crippen molar-refractivity contribution < 1.29 is 8.42 Å². The van der Waals surface area contributed by atoms with E-state index in [9.17, 15) is 8.42 Å². The molecule has 2 N–H and O–H groups in total. The van der Waals surface area contributed by atoms with Crippen LogP contribution in [0, 0.1) is 12.8 Å². The average molecular weight is 360 g/mol. The fraction of sp³-hybridized carbons (Fsp3) is 0.316. The number of hydrogen-bond acceptors (Lipinski definition) is 3. The SMILES string of the molecule is CCc1ccc([C@@H]2[C@@H](C(N)=S)[C@@H]2S(=O)(=O)c2ccc(C)cc2)cc1. The third-order valence-electron chi connectivity index (χ3n) is 4.76. The van der Waals surface area contributed by atoms with E-state index in [2.05, 4.69) is 6.92 Å². The maximum atomic E-state index is 13.0. The topological polar surface area (TPSA) is 60.2 Å². The second-order valence-corrected chi connectivity index (χ2v) is 8.95. The van der Waals surface area contributed by atoms with Gasteiger partial charge in [0, 0.05) is 11.8 Å². The first-order valence-corrected chi connectivity index (χ1v) is 10.0. The number of thiocarbonyl (C=S) groups is 1. The van der Waals surface area contributed by atoms with Gasteiger partial charge in [-0.05, 0) is 36.6 Å². The standard InChI is InChI=1S/C19H21NO2S2/c1-3-13-6-8-14(9-7-13)16-17(19(20)23)18(16)24(21,22)15-10-4-12(2)5-11-15/h4-11,16-18H,3H2,1-2H3,(H2,20,23)/t16-,17-,18-/m1/s1. The third kappa shape index (κ3) is 2.98.